The average Bonchev–Trinajstić information content (AvgIpc) is 2.48. The highest BCUT2D eigenvalue weighted by Crippen LogP contribution is 2.25. The summed E-state index contributed by atoms with van der Waals surface area (Å²) in [4.78, 5) is 26.1. The fourth-order valence-corrected chi connectivity index (χ4v) is 2.72. The van der Waals surface area contributed by atoms with Gasteiger partial charge in [-0.3, -0.25) is 4.79 Å². The fraction of sp³-hybridized carbons (Fsp3) is 0.556. The van der Waals surface area contributed by atoms with E-state index in [9.17, 15) is 9.59 Å². The summed E-state index contributed by atoms with van der Waals surface area (Å²) >= 11 is 0. The molecule has 126 valence electrons. The normalized spacial score (nSPS) is 18.7. The van der Waals surface area contributed by atoms with Gasteiger partial charge in [0.15, 0.2) is 0 Å². The van der Waals surface area contributed by atoms with E-state index in [-0.39, 0.29) is 17.8 Å². The molecule has 0 N–H and O–H groups in total. The lowest BCUT2D eigenvalue weighted by molar-refractivity contribution is -0.125. The molecule has 0 unspecified atom stereocenters. The van der Waals surface area contributed by atoms with Crippen molar-refractivity contribution in [2.75, 3.05) is 20.2 Å². The van der Waals surface area contributed by atoms with Crippen molar-refractivity contribution in [3.8, 4) is 5.75 Å². The minimum Gasteiger partial charge on any atom is -0.496 e. The van der Waals surface area contributed by atoms with Gasteiger partial charge in [0.25, 0.3) is 0 Å². The lowest BCUT2D eigenvalue weighted by Crippen LogP contribution is -2.46. The number of Topliss-reactive ketones (excluding diaryl/α,β-unsaturated/α-hetero) is 1. The summed E-state index contributed by atoms with van der Waals surface area (Å²) in [5.41, 5.74) is 0.454. The van der Waals surface area contributed by atoms with Gasteiger partial charge in [0, 0.05) is 25.4 Å². The Balaban J connectivity index is 2.06. The zero-order chi connectivity index (χ0) is 17.0. The van der Waals surface area contributed by atoms with Crippen LogP contribution in [-0.4, -0.2) is 42.6 Å². The number of rotatable bonds is 3. The summed E-state index contributed by atoms with van der Waals surface area (Å²) in [5, 5.41) is 0. The largest absolute Gasteiger partial charge is 0.496 e. The third-order valence-corrected chi connectivity index (χ3v) is 3.83. The molecule has 1 aliphatic heterocycles. The topological polar surface area (TPSA) is 55.8 Å². The molecular weight excluding hydrogens is 294 g/mol. The molecule has 1 aromatic rings. The van der Waals surface area contributed by atoms with Crippen LogP contribution in [0.5, 0.6) is 5.75 Å². The number of carbonyl (C=O) groups is 2. The van der Waals surface area contributed by atoms with E-state index in [4.69, 9.17) is 9.47 Å². The van der Waals surface area contributed by atoms with E-state index in [1.54, 1.807) is 12.0 Å². The van der Waals surface area contributed by atoms with E-state index in [0.717, 1.165) is 11.3 Å². The van der Waals surface area contributed by atoms with Crippen LogP contribution < -0.4 is 4.74 Å². The van der Waals surface area contributed by atoms with Gasteiger partial charge in [-0.15, -0.1) is 0 Å². The summed E-state index contributed by atoms with van der Waals surface area (Å²) in [6.45, 7) is 6.34. The number of benzene rings is 1. The number of nitrogens with zero attached hydrogens (tertiary/aromatic N) is 1. The number of hydrogen-bond donors (Lipinski definition) is 0. The number of piperidine rings is 1. The quantitative estimate of drug-likeness (QED) is 0.859. The number of amides is 1. The Kier molecular flexibility index (Phi) is 5.29. The first kappa shape index (κ1) is 17.3. The predicted molar refractivity (Wildman–Crippen MR) is 87.6 cm³/mol. The maximum Gasteiger partial charge on any atom is 0.410 e. The van der Waals surface area contributed by atoms with Crippen molar-refractivity contribution in [1.29, 1.82) is 0 Å². The second-order valence-corrected chi connectivity index (χ2v) is 6.86. The Morgan fingerprint density at radius 3 is 2.65 bits per heavy atom. The fourth-order valence-electron chi connectivity index (χ4n) is 2.72. The minimum absolute atomic E-state index is 0.190. The Morgan fingerprint density at radius 2 is 2.00 bits per heavy atom. The van der Waals surface area contributed by atoms with Crippen molar-refractivity contribution < 1.29 is 19.1 Å². The van der Waals surface area contributed by atoms with Crippen LogP contribution in [0.15, 0.2) is 24.3 Å². The summed E-state index contributed by atoms with van der Waals surface area (Å²) in [6.07, 6.45) is 0.594. The van der Waals surface area contributed by atoms with E-state index in [1.165, 1.54) is 0 Å². The maximum absolute atomic E-state index is 12.2. The Morgan fingerprint density at radius 1 is 1.30 bits per heavy atom. The molecule has 5 heteroatoms. The second kappa shape index (κ2) is 7.02. The van der Waals surface area contributed by atoms with Crippen molar-refractivity contribution in [2.45, 2.75) is 39.2 Å². The SMILES string of the molecule is COc1ccccc1C[C@@H]1CN(C(=O)OC(C)(C)C)CCC1=O. The van der Waals surface area contributed by atoms with E-state index >= 15 is 0 Å². The highest BCUT2D eigenvalue weighted by Gasteiger charge is 2.32. The van der Waals surface area contributed by atoms with Crippen LogP contribution in [0.25, 0.3) is 0 Å². The number of para-hydroxylation sites is 1. The van der Waals surface area contributed by atoms with E-state index in [2.05, 4.69) is 0 Å². The zero-order valence-electron chi connectivity index (χ0n) is 14.3. The lowest BCUT2D eigenvalue weighted by atomic mass is 9.90. The van der Waals surface area contributed by atoms with Gasteiger partial charge in [-0.2, -0.15) is 0 Å². The molecule has 1 aliphatic rings. The lowest BCUT2D eigenvalue weighted by Gasteiger charge is -2.33. The highest BCUT2D eigenvalue weighted by molar-refractivity contribution is 5.84. The van der Waals surface area contributed by atoms with Gasteiger partial charge in [0.05, 0.1) is 7.11 Å². The van der Waals surface area contributed by atoms with Crippen LogP contribution in [0.1, 0.15) is 32.8 Å². The molecule has 0 saturated carbocycles. The van der Waals surface area contributed by atoms with Crippen LogP contribution in [-0.2, 0) is 16.0 Å². The summed E-state index contributed by atoms with van der Waals surface area (Å²) in [5.74, 6) is 0.748. The predicted octanol–water partition coefficient (Wildman–Crippen LogP) is 3.06. The number of ether oxygens (including phenoxy) is 2. The molecule has 0 aromatic heterocycles. The first-order valence-electron chi connectivity index (χ1n) is 7.92. The molecule has 23 heavy (non-hydrogen) atoms. The third-order valence-electron chi connectivity index (χ3n) is 3.83. The first-order valence-corrected chi connectivity index (χ1v) is 7.92. The number of methoxy groups -OCH3 is 1. The van der Waals surface area contributed by atoms with Crippen LogP contribution in [0.2, 0.25) is 0 Å². The van der Waals surface area contributed by atoms with Crippen molar-refractivity contribution in [3.05, 3.63) is 29.8 Å². The molecule has 0 bridgehead atoms. The van der Waals surface area contributed by atoms with E-state index in [1.807, 2.05) is 45.0 Å². The molecule has 5 nitrogen and oxygen atoms in total. The van der Waals surface area contributed by atoms with E-state index < -0.39 is 5.60 Å². The first-order chi connectivity index (χ1) is 10.8. The summed E-state index contributed by atoms with van der Waals surface area (Å²) < 4.78 is 10.8. The van der Waals surface area contributed by atoms with Crippen LogP contribution in [0.4, 0.5) is 4.79 Å². The molecule has 0 aliphatic carbocycles. The Labute approximate surface area is 137 Å². The van der Waals surface area contributed by atoms with Gasteiger partial charge in [-0.05, 0) is 38.8 Å². The number of likely N-dealkylation sites (tertiary alicyclic amines) is 1. The van der Waals surface area contributed by atoms with E-state index in [0.29, 0.717) is 25.9 Å². The standard InChI is InChI=1S/C18H25NO4/c1-18(2,3)23-17(21)19-10-9-15(20)14(12-19)11-13-7-5-6-8-16(13)22-4/h5-8,14H,9-12H2,1-4H3/t14-/m1/s1. The number of hydrogen-bond acceptors (Lipinski definition) is 4. The van der Waals surface area contributed by atoms with Gasteiger partial charge in [-0.25, -0.2) is 4.79 Å². The molecule has 0 spiro atoms. The summed E-state index contributed by atoms with van der Waals surface area (Å²) in [6, 6.07) is 7.67. The van der Waals surface area contributed by atoms with Crippen molar-refractivity contribution >= 4 is 11.9 Å². The molecule has 1 heterocycles. The molecule has 1 saturated heterocycles. The molecule has 1 fully saturated rings. The molecule has 1 atom stereocenters. The Bertz CT molecular complexity index is 577. The van der Waals surface area contributed by atoms with Gasteiger partial charge in [0.2, 0.25) is 0 Å². The molecule has 1 amide bonds. The highest BCUT2D eigenvalue weighted by atomic mass is 16.6. The minimum atomic E-state index is -0.531. The Hall–Kier alpha value is -2.04. The monoisotopic (exact) mass is 319 g/mol. The van der Waals surface area contributed by atoms with Crippen LogP contribution in [0.3, 0.4) is 0 Å². The number of ketones is 1. The van der Waals surface area contributed by atoms with Gasteiger partial charge >= 0.3 is 6.09 Å². The van der Waals surface area contributed by atoms with Gasteiger partial charge in [0.1, 0.15) is 17.1 Å². The van der Waals surface area contributed by atoms with Gasteiger partial charge in [-0.1, -0.05) is 18.2 Å². The summed E-state index contributed by atoms with van der Waals surface area (Å²) in [7, 11) is 1.62. The molecular formula is C18H25NO4. The van der Waals surface area contributed by atoms with Crippen molar-refractivity contribution in [1.82, 2.24) is 4.90 Å². The van der Waals surface area contributed by atoms with Crippen LogP contribution >= 0.6 is 0 Å². The average molecular weight is 319 g/mol. The maximum atomic E-state index is 12.2. The van der Waals surface area contributed by atoms with Crippen molar-refractivity contribution in [3.63, 3.8) is 0 Å². The number of carbonyl (C=O) groups excluding carboxylic acids is 2. The molecule has 0 radical (unpaired) electrons. The molecule has 2 rings (SSSR count). The van der Waals surface area contributed by atoms with Gasteiger partial charge < -0.3 is 14.4 Å². The zero-order valence-corrected chi connectivity index (χ0v) is 14.3. The second-order valence-electron chi connectivity index (χ2n) is 6.86. The third kappa shape index (κ3) is 4.71. The molecule has 1 aromatic carbocycles. The van der Waals surface area contributed by atoms with Crippen molar-refractivity contribution in [2.24, 2.45) is 5.92 Å². The smallest absolute Gasteiger partial charge is 0.410 e. The van der Waals surface area contributed by atoms with Crippen LogP contribution in [0, 0.1) is 5.92 Å².